The Morgan fingerprint density at radius 1 is 1.09 bits per heavy atom. The van der Waals surface area contributed by atoms with E-state index in [0.29, 0.717) is 37.9 Å². The molecule has 1 saturated heterocycles. The number of likely N-dealkylation sites (tertiary alicyclic amines) is 1. The minimum Gasteiger partial charge on any atom is -0.462 e. The van der Waals surface area contributed by atoms with Gasteiger partial charge in [0.25, 0.3) is 5.69 Å². The molecule has 0 radical (unpaired) electrons. The van der Waals surface area contributed by atoms with E-state index >= 15 is 0 Å². The lowest BCUT2D eigenvalue weighted by molar-refractivity contribution is -0.385. The van der Waals surface area contributed by atoms with E-state index in [1.807, 2.05) is 6.92 Å². The Balaban J connectivity index is 1.70. The average Bonchev–Trinajstić information content (AvgIpc) is 2.80. The lowest BCUT2D eigenvalue weighted by Gasteiger charge is -2.30. The van der Waals surface area contributed by atoms with E-state index in [1.165, 1.54) is 17.0 Å². The van der Waals surface area contributed by atoms with Gasteiger partial charge in [0, 0.05) is 19.2 Å². The van der Waals surface area contributed by atoms with Gasteiger partial charge in [0.05, 0.1) is 21.8 Å². The Morgan fingerprint density at radius 2 is 1.72 bits per heavy atom. The number of carbonyl (C=O) groups excluding carboxylic acids is 3. The highest BCUT2D eigenvalue weighted by molar-refractivity contribution is 5.76. The van der Waals surface area contributed by atoms with Crippen molar-refractivity contribution in [3.05, 3.63) is 39.9 Å². The summed E-state index contributed by atoms with van der Waals surface area (Å²) in [6.45, 7) is 5.90. The molecule has 0 aliphatic carbocycles. The summed E-state index contributed by atoms with van der Waals surface area (Å²) in [5, 5.41) is 11.0. The first kappa shape index (κ1) is 25.1. The van der Waals surface area contributed by atoms with Crippen LogP contribution in [0.2, 0.25) is 0 Å². The van der Waals surface area contributed by atoms with Gasteiger partial charge in [-0.05, 0) is 39.2 Å². The van der Waals surface area contributed by atoms with Crippen LogP contribution in [-0.4, -0.2) is 54.2 Å². The molecule has 0 N–H and O–H groups in total. The molecule has 1 aromatic rings. The molecule has 1 amide bonds. The number of carbonyl (C=O) groups is 3. The first-order valence-electron chi connectivity index (χ1n) is 10.6. The molecule has 1 heterocycles. The molecule has 0 spiro atoms. The number of benzene rings is 1. The number of hydrogen-bond donors (Lipinski definition) is 0. The highest BCUT2D eigenvalue weighted by atomic mass is 16.6. The third-order valence-corrected chi connectivity index (χ3v) is 5.62. The van der Waals surface area contributed by atoms with Crippen molar-refractivity contribution < 1.29 is 33.5 Å². The highest BCUT2D eigenvalue weighted by Gasteiger charge is 2.30. The third kappa shape index (κ3) is 6.93. The number of nitro benzene ring substituents is 1. The van der Waals surface area contributed by atoms with Crippen LogP contribution in [0.15, 0.2) is 24.3 Å². The first-order valence-corrected chi connectivity index (χ1v) is 10.6. The molecular formula is C22H30N2O8. The van der Waals surface area contributed by atoms with Gasteiger partial charge in [0.2, 0.25) is 0 Å². The van der Waals surface area contributed by atoms with Crippen molar-refractivity contribution in [2.24, 2.45) is 11.3 Å². The Kier molecular flexibility index (Phi) is 8.98. The van der Waals surface area contributed by atoms with Crippen molar-refractivity contribution in [1.82, 2.24) is 4.90 Å². The average molecular weight is 450 g/mol. The monoisotopic (exact) mass is 450 g/mol. The van der Waals surface area contributed by atoms with E-state index in [1.54, 1.807) is 26.0 Å². The number of esters is 2. The molecular weight excluding hydrogens is 420 g/mol. The molecule has 0 atom stereocenters. The summed E-state index contributed by atoms with van der Waals surface area (Å²) in [6, 6.07) is 6.07. The van der Waals surface area contributed by atoms with Crippen LogP contribution in [0.5, 0.6) is 0 Å². The van der Waals surface area contributed by atoms with Crippen molar-refractivity contribution in [2.45, 2.75) is 46.6 Å². The lowest BCUT2D eigenvalue weighted by Crippen LogP contribution is -2.41. The number of piperidine rings is 1. The van der Waals surface area contributed by atoms with Gasteiger partial charge in [0.15, 0.2) is 0 Å². The number of rotatable bonds is 9. The number of amides is 1. The van der Waals surface area contributed by atoms with Crippen LogP contribution < -0.4 is 0 Å². The van der Waals surface area contributed by atoms with Crippen molar-refractivity contribution in [1.29, 1.82) is 0 Å². The summed E-state index contributed by atoms with van der Waals surface area (Å²) in [4.78, 5) is 48.4. The Bertz CT molecular complexity index is 831. The van der Waals surface area contributed by atoms with Gasteiger partial charge in [-0.3, -0.25) is 19.7 Å². The maximum Gasteiger partial charge on any atom is 0.410 e. The summed E-state index contributed by atoms with van der Waals surface area (Å²) in [6.07, 6.45) is 0.902. The Morgan fingerprint density at radius 3 is 2.34 bits per heavy atom. The van der Waals surface area contributed by atoms with Crippen molar-refractivity contribution in [3.8, 4) is 0 Å². The number of ether oxygens (including phenoxy) is 3. The number of hydrogen-bond acceptors (Lipinski definition) is 8. The number of para-hydroxylation sites is 1. The van der Waals surface area contributed by atoms with Crippen LogP contribution in [0.3, 0.4) is 0 Å². The third-order valence-electron chi connectivity index (χ3n) is 5.62. The highest BCUT2D eigenvalue weighted by Crippen LogP contribution is 2.23. The molecule has 1 aromatic carbocycles. The quantitative estimate of drug-likeness (QED) is 0.184. The lowest BCUT2D eigenvalue weighted by atomic mass is 9.91. The van der Waals surface area contributed by atoms with E-state index < -0.39 is 16.4 Å². The number of nitro groups is 1. The molecule has 1 aliphatic rings. The van der Waals surface area contributed by atoms with E-state index in [2.05, 4.69) is 0 Å². The van der Waals surface area contributed by atoms with Crippen LogP contribution in [0.4, 0.5) is 10.5 Å². The van der Waals surface area contributed by atoms with Gasteiger partial charge in [-0.25, -0.2) is 4.79 Å². The van der Waals surface area contributed by atoms with Crippen LogP contribution in [-0.2, 0) is 30.4 Å². The standard InChI is InChI=1S/C22H30N2O8/c1-4-22(2,3)20(26)31-14-13-30-19(25)16-9-11-23(12-10-16)21(27)32-15-17-7-5-6-8-18(17)24(28)29/h5-8,16H,4,9-15H2,1-3H3. The predicted octanol–water partition coefficient (Wildman–Crippen LogP) is 3.47. The SMILES string of the molecule is CCC(C)(C)C(=O)OCCOC(=O)C1CCN(C(=O)OCc2ccccc2[N+](=O)[O-])CC1. The van der Waals surface area contributed by atoms with Crippen LogP contribution >= 0.6 is 0 Å². The molecule has 10 nitrogen and oxygen atoms in total. The number of nitrogens with zero attached hydrogens (tertiary/aromatic N) is 2. The van der Waals surface area contributed by atoms with E-state index in [-0.39, 0.29) is 43.4 Å². The topological polar surface area (TPSA) is 125 Å². The zero-order valence-electron chi connectivity index (χ0n) is 18.7. The zero-order chi connectivity index (χ0) is 23.7. The molecule has 1 fully saturated rings. The zero-order valence-corrected chi connectivity index (χ0v) is 18.7. The maximum atomic E-state index is 12.3. The molecule has 0 unspecified atom stereocenters. The minimum absolute atomic E-state index is 0.00476. The van der Waals surface area contributed by atoms with Gasteiger partial charge in [-0.1, -0.05) is 19.1 Å². The predicted molar refractivity (Wildman–Crippen MR) is 114 cm³/mol. The molecule has 2 rings (SSSR count). The fourth-order valence-corrected chi connectivity index (χ4v) is 3.07. The molecule has 10 heteroatoms. The summed E-state index contributed by atoms with van der Waals surface area (Å²) in [5.41, 5.74) is -0.366. The van der Waals surface area contributed by atoms with E-state index in [9.17, 15) is 24.5 Å². The second kappa shape index (κ2) is 11.4. The molecule has 0 saturated carbocycles. The van der Waals surface area contributed by atoms with Gasteiger partial charge in [-0.2, -0.15) is 0 Å². The summed E-state index contributed by atoms with van der Waals surface area (Å²) < 4.78 is 15.6. The summed E-state index contributed by atoms with van der Waals surface area (Å²) in [5.74, 6) is -1.07. The Hall–Kier alpha value is -3.17. The second-order valence-corrected chi connectivity index (χ2v) is 8.24. The van der Waals surface area contributed by atoms with Crippen LogP contribution in [0, 0.1) is 21.4 Å². The maximum absolute atomic E-state index is 12.3. The molecule has 0 bridgehead atoms. The second-order valence-electron chi connectivity index (χ2n) is 8.24. The minimum atomic E-state index is -0.583. The van der Waals surface area contributed by atoms with Crippen molar-refractivity contribution in [3.63, 3.8) is 0 Å². The summed E-state index contributed by atoms with van der Waals surface area (Å²) >= 11 is 0. The normalized spacial score (nSPS) is 14.5. The van der Waals surface area contributed by atoms with Crippen molar-refractivity contribution >= 4 is 23.7 Å². The largest absolute Gasteiger partial charge is 0.462 e. The molecule has 176 valence electrons. The Labute approximate surface area is 187 Å². The smallest absolute Gasteiger partial charge is 0.410 e. The van der Waals surface area contributed by atoms with Crippen molar-refractivity contribution in [2.75, 3.05) is 26.3 Å². The molecule has 32 heavy (non-hydrogen) atoms. The van der Waals surface area contributed by atoms with Gasteiger partial charge in [-0.15, -0.1) is 0 Å². The van der Waals surface area contributed by atoms with Crippen LogP contribution in [0.25, 0.3) is 0 Å². The van der Waals surface area contributed by atoms with Gasteiger partial charge in [0.1, 0.15) is 19.8 Å². The molecule has 0 aromatic heterocycles. The van der Waals surface area contributed by atoms with E-state index in [0.717, 1.165) is 0 Å². The first-order chi connectivity index (χ1) is 15.2. The van der Waals surface area contributed by atoms with Crippen LogP contribution in [0.1, 0.15) is 45.6 Å². The van der Waals surface area contributed by atoms with E-state index in [4.69, 9.17) is 14.2 Å². The summed E-state index contributed by atoms with van der Waals surface area (Å²) in [7, 11) is 0. The van der Waals surface area contributed by atoms with Gasteiger partial charge < -0.3 is 19.1 Å². The van der Waals surface area contributed by atoms with Gasteiger partial charge >= 0.3 is 18.0 Å². The fraction of sp³-hybridized carbons (Fsp3) is 0.591. The molecule has 1 aliphatic heterocycles. The fourth-order valence-electron chi connectivity index (χ4n) is 3.07.